The summed E-state index contributed by atoms with van der Waals surface area (Å²) in [6.07, 6.45) is 4.62. The minimum absolute atomic E-state index is 0.137. The van der Waals surface area contributed by atoms with Gasteiger partial charge in [0.05, 0.1) is 24.2 Å². The van der Waals surface area contributed by atoms with Gasteiger partial charge in [0.2, 0.25) is 0 Å². The molecule has 1 aromatic heterocycles. The summed E-state index contributed by atoms with van der Waals surface area (Å²) in [6.45, 7) is 0.465. The van der Waals surface area contributed by atoms with Crippen molar-refractivity contribution in [3.8, 4) is 5.69 Å². The Bertz CT molecular complexity index is 872. The topological polar surface area (TPSA) is 80.0 Å². The zero-order valence-corrected chi connectivity index (χ0v) is 14.2. The summed E-state index contributed by atoms with van der Waals surface area (Å²) in [4.78, 5) is 12.4. The van der Waals surface area contributed by atoms with E-state index in [-0.39, 0.29) is 11.3 Å². The number of nitrogens with one attached hydrogen (secondary N) is 1. The number of benzene rings is 2. The molecule has 1 fully saturated rings. The highest BCUT2D eigenvalue weighted by atomic mass is 16.3. The summed E-state index contributed by atoms with van der Waals surface area (Å²) in [5.74, 6) is -0.137. The fourth-order valence-corrected chi connectivity index (χ4v) is 3.17. The molecule has 1 unspecified atom stereocenters. The maximum absolute atomic E-state index is 12.4. The van der Waals surface area contributed by atoms with Gasteiger partial charge in [-0.2, -0.15) is 0 Å². The van der Waals surface area contributed by atoms with Gasteiger partial charge in [-0.3, -0.25) is 4.79 Å². The van der Waals surface area contributed by atoms with Gasteiger partial charge in [0.25, 0.3) is 5.91 Å². The van der Waals surface area contributed by atoms with Crippen molar-refractivity contribution in [1.82, 2.24) is 20.3 Å². The van der Waals surface area contributed by atoms with Crippen LogP contribution in [-0.4, -0.2) is 32.6 Å². The van der Waals surface area contributed by atoms with Crippen molar-refractivity contribution in [2.24, 2.45) is 5.41 Å². The largest absolute Gasteiger partial charge is 0.388 e. The third kappa shape index (κ3) is 3.23. The van der Waals surface area contributed by atoms with Crippen molar-refractivity contribution in [1.29, 1.82) is 0 Å². The van der Waals surface area contributed by atoms with Crippen LogP contribution < -0.4 is 5.32 Å². The molecule has 26 heavy (non-hydrogen) atoms. The Morgan fingerprint density at radius 2 is 1.88 bits per heavy atom. The van der Waals surface area contributed by atoms with Crippen LogP contribution in [0.1, 0.15) is 34.9 Å². The second kappa shape index (κ2) is 6.72. The number of aromatic nitrogens is 3. The first-order chi connectivity index (χ1) is 12.7. The van der Waals surface area contributed by atoms with E-state index >= 15 is 0 Å². The zero-order chi connectivity index (χ0) is 18.0. The van der Waals surface area contributed by atoms with Gasteiger partial charge < -0.3 is 10.4 Å². The third-order valence-corrected chi connectivity index (χ3v) is 5.01. The number of carbonyl (C=O) groups is 1. The average Bonchev–Trinajstić information content (AvgIpc) is 3.29. The summed E-state index contributed by atoms with van der Waals surface area (Å²) in [7, 11) is 0. The fourth-order valence-electron chi connectivity index (χ4n) is 3.17. The molecule has 1 aliphatic carbocycles. The smallest absolute Gasteiger partial charge is 0.251 e. The number of hydrogen-bond acceptors (Lipinski definition) is 4. The van der Waals surface area contributed by atoms with Gasteiger partial charge in [-0.1, -0.05) is 35.5 Å². The van der Waals surface area contributed by atoms with Gasteiger partial charge in [0, 0.05) is 17.5 Å². The van der Waals surface area contributed by atoms with Gasteiger partial charge in [-0.15, -0.1) is 5.10 Å². The molecule has 3 aromatic rings. The highest BCUT2D eigenvalue weighted by Gasteiger charge is 2.49. The molecule has 1 heterocycles. The van der Waals surface area contributed by atoms with Crippen molar-refractivity contribution >= 4 is 5.91 Å². The van der Waals surface area contributed by atoms with Crippen LogP contribution in [0.5, 0.6) is 0 Å². The number of aliphatic hydroxyl groups is 1. The predicted octanol–water partition coefficient (Wildman–Crippen LogP) is 2.51. The van der Waals surface area contributed by atoms with Crippen molar-refractivity contribution in [2.75, 3.05) is 6.54 Å². The Morgan fingerprint density at radius 1 is 1.15 bits per heavy atom. The first-order valence-corrected chi connectivity index (χ1v) is 8.66. The van der Waals surface area contributed by atoms with E-state index in [9.17, 15) is 9.90 Å². The molecular weight excluding hydrogens is 328 g/mol. The Balaban J connectivity index is 1.39. The van der Waals surface area contributed by atoms with E-state index in [2.05, 4.69) is 15.6 Å². The number of carbonyl (C=O) groups excluding carboxylic acids is 1. The molecule has 2 N–H and O–H groups in total. The predicted molar refractivity (Wildman–Crippen MR) is 96.8 cm³/mol. The molecule has 0 radical (unpaired) electrons. The normalized spacial score (nSPS) is 16.0. The van der Waals surface area contributed by atoms with Crippen LogP contribution in [0.25, 0.3) is 5.69 Å². The summed E-state index contributed by atoms with van der Waals surface area (Å²) in [6, 6.07) is 16.8. The number of nitrogens with zero attached hydrogens (tertiary/aromatic N) is 3. The molecule has 6 nitrogen and oxygen atoms in total. The first kappa shape index (κ1) is 16.5. The Kier molecular flexibility index (Phi) is 4.26. The van der Waals surface area contributed by atoms with E-state index in [0.717, 1.165) is 24.1 Å². The molecule has 0 spiro atoms. The lowest BCUT2D eigenvalue weighted by molar-refractivity contribution is 0.0808. The van der Waals surface area contributed by atoms with E-state index in [0.29, 0.717) is 12.1 Å². The third-order valence-electron chi connectivity index (χ3n) is 5.01. The summed E-state index contributed by atoms with van der Waals surface area (Å²) < 4.78 is 1.64. The fraction of sp³-hybridized carbons (Fsp3) is 0.250. The molecule has 2 aromatic carbocycles. The molecular formula is C20H20N4O2. The van der Waals surface area contributed by atoms with Crippen molar-refractivity contribution in [2.45, 2.75) is 18.9 Å². The minimum atomic E-state index is -0.557. The highest BCUT2D eigenvalue weighted by Crippen LogP contribution is 2.54. The summed E-state index contributed by atoms with van der Waals surface area (Å²) in [5, 5.41) is 21.3. The van der Waals surface area contributed by atoms with E-state index in [1.54, 1.807) is 29.2 Å². The molecule has 0 saturated heterocycles. The first-order valence-electron chi connectivity index (χ1n) is 8.66. The Labute approximate surface area is 151 Å². The molecule has 132 valence electrons. The van der Waals surface area contributed by atoms with Crippen molar-refractivity contribution < 1.29 is 9.90 Å². The van der Waals surface area contributed by atoms with E-state index in [4.69, 9.17) is 0 Å². The lowest BCUT2D eigenvalue weighted by atomic mass is 9.92. The van der Waals surface area contributed by atoms with Gasteiger partial charge in [0.1, 0.15) is 0 Å². The van der Waals surface area contributed by atoms with Crippen molar-refractivity contribution in [3.05, 3.63) is 78.1 Å². The van der Waals surface area contributed by atoms with E-state index < -0.39 is 6.10 Å². The van der Waals surface area contributed by atoms with Crippen LogP contribution in [0.3, 0.4) is 0 Å². The number of amides is 1. The monoisotopic (exact) mass is 348 g/mol. The SMILES string of the molecule is O=C(NCC1(C(O)c2ccccc2)CC1)c1ccc(-n2ccnn2)cc1. The lowest BCUT2D eigenvalue weighted by Gasteiger charge is -2.23. The maximum Gasteiger partial charge on any atom is 0.251 e. The van der Waals surface area contributed by atoms with Crippen LogP contribution in [0.4, 0.5) is 0 Å². The second-order valence-electron chi connectivity index (χ2n) is 6.75. The van der Waals surface area contributed by atoms with Crippen LogP contribution in [0.15, 0.2) is 67.0 Å². The Morgan fingerprint density at radius 3 is 2.50 bits per heavy atom. The molecule has 6 heteroatoms. The lowest BCUT2D eigenvalue weighted by Crippen LogP contribution is -2.33. The molecule has 0 bridgehead atoms. The molecule has 1 atom stereocenters. The standard InChI is InChI=1S/C20H20N4O2/c25-18(15-4-2-1-3-5-15)20(10-11-20)14-21-19(26)16-6-8-17(9-7-16)24-13-12-22-23-24/h1-9,12-13,18,25H,10-11,14H2,(H,21,26). The van der Waals surface area contributed by atoms with Crippen LogP contribution >= 0.6 is 0 Å². The molecule has 0 aliphatic heterocycles. The van der Waals surface area contributed by atoms with Crippen LogP contribution in [0.2, 0.25) is 0 Å². The quantitative estimate of drug-likeness (QED) is 0.717. The van der Waals surface area contributed by atoms with Crippen molar-refractivity contribution in [3.63, 3.8) is 0 Å². The number of rotatable bonds is 6. The van der Waals surface area contributed by atoms with E-state index in [1.165, 1.54) is 0 Å². The van der Waals surface area contributed by atoms with E-state index in [1.807, 2.05) is 42.5 Å². The maximum atomic E-state index is 12.4. The zero-order valence-electron chi connectivity index (χ0n) is 14.2. The minimum Gasteiger partial charge on any atom is -0.388 e. The molecule has 4 rings (SSSR count). The molecule has 1 aliphatic rings. The van der Waals surface area contributed by atoms with Crippen LogP contribution in [0, 0.1) is 5.41 Å². The number of aliphatic hydroxyl groups excluding tert-OH is 1. The molecule has 1 amide bonds. The summed E-state index contributed by atoms with van der Waals surface area (Å²) >= 11 is 0. The van der Waals surface area contributed by atoms with Gasteiger partial charge in [0.15, 0.2) is 0 Å². The highest BCUT2D eigenvalue weighted by molar-refractivity contribution is 5.94. The summed E-state index contributed by atoms with van der Waals surface area (Å²) in [5.41, 5.74) is 2.07. The van der Waals surface area contributed by atoms with Crippen LogP contribution in [-0.2, 0) is 0 Å². The van der Waals surface area contributed by atoms with Gasteiger partial charge >= 0.3 is 0 Å². The second-order valence-corrected chi connectivity index (χ2v) is 6.75. The number of hydrogen-bond donors (Lipinski definition) is 2. The Hall–Kier alpha value is -2.99. The van der Waals surface area contributed by atoms with Gasteiger partial charge in [-0.05, 0) is 42.7 Å². The molecule has 1 saturated carbocycles. The van der Waals surface area contributed by atoms with Gasteiger partial charge in [-0.25, -0.2) is 4.68 Å². The average molecular weight is 348 g/mol.